The van der Waals surface area contributed by atoms with Crippen molar-refractivity contribution in [2.75, 3.05) is 17.5 Å². The third-order valence-corrected chi connectivity index (χ3v) is 2.62. The Bertz CT molecular complexity index is 641. The minimum atomic E-state index is -0.987. The number of ether oxygens (including phenoxy) is 1. The number of halogens is 1. The minimum absolute atomic E-state index is 0.176. The van der Waals surface area contributed by atoms with Gasteiger partial charge in [-0.25, -0.2) is 9.59 Å². The van der Waals surface area contributed by atoms with Crippen molar-refractivity contribution in [2.24, 2.45) is 11.7 Å². The van der Waals surface area contributed by atoms with Crippen LogP contribution >= 0.6 is 11.6 Å². The maximum absolute atomic E-state index is 10.5. The van der Waals surface area contributed by atoms with Crippen LogP contribution in [0.5, 0.6) is 0 Å². The SMILES string of the molecule is CCOC(=O)Cl.NNc1ccccc1.NNc1ccccc1C(=O)O. The lowest BCUT2D eigenvalue weighted by Crippen LogP contribution is -2.11. The smallest absolute Gasteiger partial charge is 0.403 e. The van der Waals surface area contributed by atoms with E-state index in [1.807, 2.05) is 30.3 Å². The molecule has 0 aliphatic heterocycles. The first-order chi connectivity index (χ1) is 12.0. The number of carbonyl (C=O) groups is 2. The Morgan fingerprint density at radius 2 is 1.60 bits per heavy atom. The predicted octanol–water partition coefficient (Wildman–Crippen LogP) is 3.02. The van der Waals surface area contributed by atoms with Gasteiger partial charge in [0.15, 0.2) is 0 Å². The van der Waals surface area contributed by atoms with Crippen LogP contribution in [0.15, 0.2) is 54.6 Å². The van der Waals surface area contributed by atoms with Crippen LogP contribution in [0.4, 0.5) is 16.2 Å². The molecular weight excluding hydrogens is 348 g/mol. The molecule has 136 valence electrons. The summed E-state index contributed by atoms with van der Waals surface area (Å²) in [6, 6.07) is 16.0. The zero-order valence-electron chi connectivity index (χ0n) is 13.6. The number of aromatic carboxylic acids is 1. The molecule has 2 aromatic rings. The van der Waals surface area contributed by atoms with Crippen molar-refractivity contribution in [3.05, 3.63) is 60.2 Å². The number of para-hydroxylation sites is 2. The lowest BCUT2D eigenvalue weighted by molar-refractivity contribution is 0.0698. The molecule has 25 heavy (non-hydrogen) atoms. The molecule has 0 unspecified atom stereocenters. The Kier molecular flexibility index (Phi) is 12.1. The van der Waals surface area contributed by atoms with E-state index in [1.165, 1.54) is 6.07 Å². The number of carboxylic acids is 1. The van der Waals surface area contributed by atoms with Gasteiger partial charge in [-0.2, -0.15) is 0 Å². The summed E-state index contributed by atoms with van der Waals surface area (Å²) in [5.41, 5.74) is 5.61. The molecule has 2 rings (SSSR count). The molecule has 0 aromatic heterocycles. The van der Waals surface area contributed by atoms with E-state index >= 15 is 0 Å². The number of benzene rings is 2. The van der Waals surface area contributed by atoms with E-state index in [0.29, 0.717) is 12.3 Å². The standard InChI is InChI=1S/C7H8N2O2.C6H8N2.C3H5ClO2/c8-9-6-4-2-1-3-5(6)7(10)11;7-8-6-4-2-1-3-5-6;1-2-6-3(4)5/h1-4,9H,8H2,(H,10,11);1-5,8H,7H2;2H2,1H3. The molecule has 0 fully saturated rings. The fourth-order valence-electron chi connectivity index (χ4n) is 1.44. The quantitative estimate of drug-likeness (QED) is 0.315. The van der Waals surface area contributed by atoms with Gasteiger partial charge in [-0.3, -0.25) is 11.7 Å². The highest BCUT2D eigenvalue weighted by Crippen LogP contribution is 2.12. The minimum Gasteiger partial charge on any atom is -0.478 e. The number of nitrogen functional groups attached to an aromatic ring is 2. The first-order valence-corrected chi connectivity index (χ1v) is 7.46. The Hall–Kier alpha value is -2.81. The molecule has 0 amide bonds. The zero-order chi connectivity index (χ0) is 19.1. The number of nitrogens with one attached hydrogen (secondary N) is 2. The van der Waals surface area contributed by atoms with E-state index in [1.54, 1.807) is 25.1 Å². The molecule has 9 heteroatoms. The Balaban J connectivity index is 0.000000365. The van der Waals surface area contributed by atoms with Crippen LogP contribution in [0.1, 0.15) is 17.3 Å². The summed E-state index contributed by atoms with van der Waals surface area (Å²) in [6.07, 6.45) is 0. The molecule has 0 saturated carbocycles. The summed E-state index contributed by atoms with van der Waals surface area (Å²) in [5, 5.41) is 8.60. The summed E-state index contributed by atoms with van der Waals surface area (Å²) in [4.78, 5) is 20.1. The normalized spacial score (nSPS) is 8.64. The van der Waals surface area contributed by atoms with Gasteiger partial charge in [-0.1, -0.05) is 30.3 Å². The molecule has 0 aliphatic rings. The monoisotopic (exact) mass is 368 g/mol. The number of hydrogen-bond donors (Lipinski definition) is 5. The predicted molar refractivity (Wildman–Crippen MR) is 98.3 cm³/mol. The Morgan fingerprint density at radius 3 is 1.92 bits per heavy atom. The van der Waals surface area contributed by atoms with Crippen molar-refractivity contribution in [3.63, 3.8) is 0 Å². The van der Waals surface area contributed by atoms with E-state index in [2.05, 4.69) is 15.6 Å². The van der Waals surface area contributed by atoms with Gasteiger partial charge >= 0.3 is 11.4 Å². The fraction of sp³-hybridized carbons (Fsp3) is 0.125. The molecule has 7 N–H and O–H groups in total. The maximum atomic E-state index is 10.5. The van der Waals surface area contributed by atoms with Crippen molar-refractivity contribution in [1.82, 2.24) is 0 Å². The highest BCUT2D eigenvalue weighted by Gasteiger charge is 2.06. The van der Waals surface area contributed by atoms with Gasteiger partial charge in [0.2, 0.25) is 0 Å². The molecule has 0 heterocycles. The van der Waals surface area contributed by atoms with E-state index < -0.39 is 11.4 Å². The molecule has 2 aromatic carbocycles. The summed E-state index contributed by atoms with van der Waals surface area (Å²) in [5.74, 6) is 9.19. The van der Waals surface area contributed by atoms with Gasteiger partial charge < -0.3 is 20.7 Å². The van der Waals surface area contributed by atoms with Crippen molar-refractivity contribution in [3.8, 4) is 0 Å². The average molecular weight is 369 g/mol. The highest BCUT2D eigenvalue weighted by atomic mass is 35.5. The first-order valence-electron chi connectivity index (χ1n) is 7.09. The molecular formula is C16H21ClN4O4. The van der Waals surface area contributed by atoms with E-state index in [0.717, 1.165) is 5.69 Å². The molecule has 0 aliphatic carbocycles. The molecule has 0 bridgehead atoms. The van der Waals surface area contributed by atoms with Crippen LogP contribution in [0.2, 0.25) is 0 Å². The van der Waals surface area contributed by atoms with Crippen molar-refractivity contribution in [1.29, 1.82) is 0 Å². The fourth-order valence-corrected chi connectivity index (χ4v) is 1.55. The number of anilines is 2. The summed E-state index contributed by atoms with van der Waals surface area (Å²) >= 11 is 4.72. The average Bonchev–Trinajstić information content (AvgIpc) is 2.63. The van der Waals surface area contributed by atoms with Crippen molar-refractivity contribution in [2.45, 2.75) is 6.92 Å². The van der Waals surface area contributed by atoms with Gasteiger partial charge in [0, 0.05) is 17.3 Å². The molecule has 0 radical (unpaired) electrons. The molecule has 0 saturated heterocycles. The lowest BCUT2D eigenvalue weighted by atomic mass is 10.2. The summed E-state index contributed by atoms with van der Waals surface area (Å²) < 4.78 is 4.17. The molecule has 0 atom stereocenters. The Morgan fingerprint density at radius 1 is 1.04 bits per heavy atom. The number of nitrogens with two attached hydrogens (primary N) is 2. The number of carbonyl (C=O) groups excluding carboxylic acids is 1. The number of hydrazine groups is 2. The number of hydrogen-bond acceptors (Lipinski definition) is 7. The van der Waals surface area contributed by atoms with Crippen molar-refractivity contribution >= 4 is 34.4 Å². The molecule has 8 nitrogen and oxygen atoms in total. The van der Waals surface area contributed by atoms with Crippen LogP contribution < -0.4 is 22.5 Å². The van der Waals surface area contributed by atoms with E-state index in [9.17, 15) is 9.59 Å². The van der Waals surface area contributed by atoms with Gasteiger partial charge in [0.1, 0.15) is 0 Å². The van der Waals surface area contributed by atoms with Gasteiger partial charge in [0.05, 0.1) is 17.9 Å². The third-order valence-electron chi connectivity index (χ3n) is 2.51. The van der Waals surface area contributed by atoms with Crippen LogP contribution in [-0.2, 0) is 4.74 Å². The summed E-state index contributed by atoms with van der Waals surface area (Å²) in [6.45, 7) is 2.04. The van der Waals surface area contributed by atoms with Crippen LogP contribution in [0.25, 0.3) is 0 Å². The lowest BCUT2D eigenvalue weighted by Gasteiger charge is -2.02. The van der Waals surface area contributed by atoms with Gasteiger partial charge in [0.25, 0.3) is 0 Å². The number of rotatable bonds is 4. The van der Waals surface area contributed by atoms with E-state index in [-0.39, 0.29) is 5.56 Å². The third kappa shape index (κ3) is 10.6. The maximum Gasteiger partial charge on any atom is 0.403 e. The molecule has 0 spiro atoms. The van der Waals surface area contributed by atoms with Crippen LogP contribution in [-0.4, -0.2) is 23.1 Å². The first kappa shape index (κ1) is 22.2. The second kappa shape index (κ2) is 13.6. The zero-order valence-corrected chi connectivity index (χ0v) is 14.4. The summed E-state index contributed by atoms with van der Waals surface area (Å²) in [7, 11) is 0. The number of carboxylic acid groups (broad SMARTS) is 1. The second-order valence-electron chi connectivity index (χ2n) is 4.18. The highest BCUT2D eigenvalue weighted by molar-refractivity contribution is 6.61. The topological polar surface area (TPSA) is 140 Å². The van der Waals surface area contributed by atoms with E-state index in [4.69, 9.17) is 28.4 Å². The van der Waals surface area contributed by atoms with Crippen LogP contribution in [0.3, 0.4) is 0 Å². The van der Waals surface area contributed by atoms with Crippen LogP contribution in [0, 0.1) is 0 Å². The Labute approximate surface area is 150 Å². The largest absolute Gasteiger partial charge is 0.478 e. The van der Waals surface area contributed by atoms with Gasteiger partial charge in [-0.15, -0.1) is 0 Å². The van der Waals surface area contributed by atoms with Crippen molar-refractivity contribution < 1.29 is 19.4 Å². The van der Waals surface area contributed by atoms with Gasteiger partial charge in [-0.05, 0) is 31.2 Å². The second-order valence-corrected chi connectivity index (χ2v) is 4.48.